The Labute approximate surface area is 155 Å². The van der Waals surface area contributed by atoms with Gasteiger partial charge in [-0.3, -0.25) is 0 Å². The number of carbonyl (C=O) groups excluding carboxylic acids is 1. The minimum absolute atomic E-state index is 0.0897. The number of allylic oxidation sites excluding steroid dienone is 1. The van der Waals surface area contributed by atoms with Crippen LogP contribution in [0.2, 0.25) is 5.02 Å². The highest BCUT2D eigenvalue weighted by Crippen LogP contribution is 2.20. The van der Waals surface area contributed by atoms with E-state index < -0.39 is 41.5 Å². The van der Waals surface area contributed by atoms with Crippen molar-refractivity contribution >= 4 is 23.3 Å². The van der Waals surface area contributed by atoms with Crippen LogP contribution in [0.4, 0.5) is 22.0 Å². The van der Waals surface area contributed by atoms with Crippen LogP contribution in [0.1, 0.15) is 28.8 Å². The van der Waals surface area contributed by atoms with Crippen LogP contribution in [0.5, 0.6) is 0 Å². The van der Waals surface area contributed by atoms with Crippen molar-refractivity contribution in [2.45, 2.75) is 12.8 Å². The summed E-state index contributed by atoms with van der Waals surface area (Å²) in [6.45, 7) is 0. The molecule has 0 fully saturated rings. The van der Waals surface area contributed by atoms with Gasteiger partial charge in [0.1, 0.15) is 17.2 Å². The molecule has 0 heterocycles. The predicted octanol–water partition coefficient (Wildman–Crippen LogP) is 6.04. The van der Waals surface area contributed by atoms with Crippen molar-refractivity contribution in [2.24, 2.45) is 5.16 Å². The van der Waals surface area contributed by atoms with Gasteiger partial charge >= 0.3 is 12.0 Å². The first-order valence-corrected chi connectivity index (χ1v) is 7.85. The number of carbonyl (C=O) groups is 1. The average Bonchev–Trinajstić information content (AvgIpc) is 2.62. The molecular formula is C18H11ClF5NO2. The minimum atomic E-state index is -2.48. The number of rotatable bonds is 6. The third-order valence-electron chi connectivity index (χ3n) is 3.37. The second-order valence-electron chi connectivity index (χ2n) is 5.19. The van der Waals surface area contributed by atoms with Crippen molar-refractivity contribution in [3.8, 4) is 0 Å². The van der Waals surface area contributed by atoms with E-state index in [0.29, 0.717) is 10.6 Å². The molecule has 0 atom stereocenters. The van der Waals surface area contributed by atoms with Crippen molar-refractivity contribution < 1.29 is 31.6 Å². The molecule has 0 radical (unpaired) electrons. The van der Waals surface area contributed by atoms with Crippen molar-refractivity contribution in [1.29, 1.82) is 0 Å². The van der Waals surface area contributed by atoms with E-state index >= 15 is 0 Å². The zero-order chi connectivity index (χ0) is 20.0. The van der Waals surface area contributed by atoms with E-state index in [2.05, 4.69) is 9.99 Å². The van der Waals surface area contributed by atoms with Gasteiger partial charge in [0.25, 0.3) is 0 Å². The molecule has 0 aromatic heterocycles. The van der Waals surface area contributed by atoms with Gasteiger partial charge in [0.15, 0.2) is 5.83 Å². The van der Waals surface area contributed by atoms with Crippen LogP contribution in [0.3, 0.4) is 0 Å². The summed E-state index contributed by atoms with van der Waals surface area (Å²) in [6, 6.07) is 8.55. The van der Waals surface area contributed by atoms with Gasteiger partial charge in [0.05, 0.1) is 5.71 Å². The Balaban J connectivity index is 2.27. The Bertz CT molecular complexity index is 873. The fourth-order valence-electron chi connectivity index (χ4n) is 2.04. The molecule has 2 aromatic carbocycles. The molecule has 0 aliphatic carbocycles. The summed E-state index contributed by atoms with van der Waals surface area (Å²) in [7, 11) is 0. The summed E-state index contributed by atoms with van der Waals surface area (Å²) < 4.78 is 64.7. The normalized spacial score (nSPS) is 11.3. The third-order valence-corrected chi connectivity index (χ3v) is 3.62. The number of oxime groups is 1. The molecule has 0 N–H and O–H groups in total. The van der Waals surface area contributed by atoms with Crippen LogP contribution in [-0.2, 0) is 4.84 Å². The quantitative estimate of drug-likeness (QED) is 0.255. The van der Waals surface area contributed by atoms with E-state index in [-0.39, 0.29) is 12.1 Å². The van der Waals surface area contributed by atoms with E-state index in [1.54, 1.807) is 0 Å². The van der Waals surface area contributed by atoms with Gasteiger partial charge < -0.3 is 4.84 Å². The highest BCUT2D eigenvalue weighted by molar-refractivity contribution is 6.30. The van der Waals surface area contributed by atoms with E-state index in [1.807, 2.05) is 0 Å². The number of hydrogen-bond donors (Lipinski definition) is 0. The van der Waals surface area contributed by atoms with Crippen molar-refractivity contribution in [1.82, 2.24) is 0 Å². The highest BCUT2D eigenvalue weighted by Gasteiger charge is 2.19. The molecule has 2 rings (SSSR count). The maximum Gasteiger partial charge on any atom is 0.371 e. The van der Waals surface area contributed by atoms with Gasteiger partial charge in [0, 0.05) is 17.9 Å². The molecule has 0 amide bonds. The molecule has 0 bridgehead atoms. The minimum Gasteiger partial charge on any atom is -0.312 e. The summed E-state index contributed by atoms with van der Waals surface area (Å²) in [6.07, 6.45) is -3.55. The molecule has 0 aliphatic heterocycles. The summed E-state index contributed by atoms with van der Waals surface area (Å²) in [4.78, 5) is 16.4. The summed E-state index contributed by atoms with van der Waals surface area (Å²) in [5, 5.41) is 3.84. The summed E-state index contributed by atoms with van der Waals surface area (Å²) in [5.41, 5.74) is -0.751. The fourth-order valence-corrected chi connectivity index (χ4v) is 2.17. The Kier molecular flexibility index (Phi) is 7.06. The molecule has 142 valence electrons. The van der Waals surface area contributed by atoms with Crippen molar-refractivity contribution in [2.75, 3.05) is 0 Å². The van der Waals surface area contributed by atoms with Crippen LogP contribution in [0.25, 0.3) is 0 Å². The van der Waals surface area contributed by atoms with Crippen LogP contribution < -0.4 is 0 Å². The number of benzene rings is 2. The predicted molar refractivity (Wildman–Crippen MR) is 89.3 cm³/mol. The summed E-state index contributed by atoms with van der Waals surface area (Å²) >= 11 is 5.75. The fraction of sp³-hybridized carbons (Fsp3) is 0.111. The first-order chi connectivity index (χ1) is 12.8. The van der Waals surface area contributed by atoms with E-state index in [0.717, 1.165) is 18.2 Å². The highest BCUT2D eigenvalue weighted by atomic mass is 35.5. The van der Waals surface area contributed by atoms with Gasteiger partial charge in [-0.15, -0.1) is 0 Å². The van der Waals surface area contributed by atoms with Crippen molar-refractivity contribution in [3.05, 3.63) is 82.2 Å². The smallest absolute Gasteiger partial charge is 0.312 e. The Hall–Kier alpha value is -2.74. The molecule has 0 saturated carbocycles. The molecule has 0 aliphatic rings. The molecular weight excluding hydrogens is 393 g/mol. The molecule has 0 saturated heterocycles. The monoisotopic (exact) mass is 403 g/mol. The van der Waals surface area contributed by atoms with Gasteiger partial charge in [0.2, 0.25) is 0 Å². The molecule has 0 spiro atoms. The number of halogens is 6. The Morgan fingerprint density at radius 2 is 1.56 bits per heavy atom. The number of nitrogens with zero attached hydrogens (tertiary/aromatic N) is 1. The molecule has 9 heteroatoms. The second-order valence-corrected chi connectivity index (χ2v) is 5.62. The maximum absolute atomic E-state index is 13.6. The second kappa shape index (κ2) is 9.27. The zero-order valence-corrected chi connectivity index (χ0v) is 14.2. The standard InChI is InChI=1S/C18H11ClF5NO2/c19-11-6-4-10(5-7-11)15(9-8-14(22)17(23)24)25-27-18(26)16-12(20)2-1-3-13(16)21/h1-7H,8-9H2/b25-15+. The van der Waals surface area contributed by atoms with Crippen LogP contribution in [0, 0.1) is 11.6 Å². The van der Waals surface area contributed by atoms with Gasteiger partial charge in [-0.25, -0.2) is 18.0 Å². The van der Waals surface area contributed by atoms with Gasteiger partial charge in [-0.2, -0.15) is 8.78 Å². The first kappa shape index (κ1) is 20.6. The lowest BCUT2D eigenvalue weighted by atomic mass is 10.1. The van der Waals surface area contributed by atoms with Crippen molar-refractivity contribution in [3.63, 3.8) is 0 Å². The molecule has 2 aromatic rings. The number of hydrogen-bond acceptors (Lipinski definition) is 3. The molecule has 3 nitrogen and oxygen atoms in total. The Morgan fingerprint density at radius 3 is 2.11 bits per heavy atom. The van der Waals surface area contributed by atoms with E-state index in [4.69, 9.17) is 11.6 Å². The molecule has 0 unspecified atom stereocenters. The largest absolute Gasteiger partial charge is 0.371 e. The zero-order valence-electron chi connectivity index (χ0n) is 13.5. The van der Waals surface area contributed by atoms with Crippen LogP contribution >= 0.6 is 11.6 Å². The van der Waals surface area contributed by atoms with E-state index in [1.165, 1.54) is 24.3 Å². The SMILES string of the molecule is O=C(O/N=C(\CCC(F)=C(F)F)c1ccc(Cl)cc1)c1c(F)cccc1F. The van der Waals surface area contributed by atoms with Gasteiger partial charge in [-0.1, -0.05) is 35.0 Å². The lowest BCUT2D eigenvalue weighted by Crippen LogP contribution is -2.10. The van der Waals surface area contributed by atoms with Crippen LogP contribution in [0.15, 0.2) is 59.5 Å². The third kappa shape index (κ3) is 5.62. The molecule has 27 heavy (non-hydrogen) atoms. The Morgan fingerprint density at radius 1 is 0.963 bits per heavy atom. The van der Waals surface area contributed by atoms with E-state index in [9.17, 15) is 26.7 Å². The first-order valence-electron chi connectivity index (χ1n) is 7.47. The lowest BCUT2D eigenvalue weighted by molar-refractivity contribution is 0.0504. The topological polar surface area (TPSA) is 38.7 Å². The summed E-state index contributed by atoms with van der Waals surface area (Å²) in [5.74, 6) is -5.39. The maximum atomic E-state index is 13.6. The van der Waals surface area contributed by atoms with Crippen LogP contribution in [-0.4, -0.2) is 11.7 Å². The average molecular weight is 404 g/mol. The lowest BCUT2D eigenvalue weighted by Gasteiger charge is -2.07. The van der Waals surface area contributed by atoms with Gasteiger partial charge in [-0.05, 0) is 29.8 Å².